The van der Waals surface area contributed by atoms with E-state index in [1.165, 1.54) is 0 Å². The Kier molecular flexibility index (Phi) is 4.36. The number of hydrogen-bond acceptors (Lipinski definition) is 3. The van der Waals surface area contributed by atoms with Gasteiger partial charge in [0.1, 0.15) is 0 Å². The van der Waals surface area contributed by atoms with Gasteiger partial charge in [-0.15, -0.1) is 0 Å². The van der Waals surface area contributed by atoms with Gasteiger partial charge in [0.05, 0.1) is 4.90 Å². The van der Waals surface area contributed by atoms with Gasteiger partial charge in [0, 0.05) is 18.8 Å². The van der Waals surface area contributed by atoms with Crippen LogP contribution < -0.4 is 5.73 Å². The first kappa shape index (κ1) is 16.3. The zero-order valence-electron chi connectivity index (χ0n) is 13.4. The second-order valence-corrected chi connectivity index (χ2v) is 8.37. The van der Waals surface area contributed by atoms with Crippen LogP contribution in [0.1, 0.15) is 44.2 Å². The predicted octanol–water partition coefficient (Wildman–Crippen LogP) is 3.09. The van der Waals surface area contributed by atoms with E-state index in [0.29, 0.717) is 29.2 Å². The van der Waals surface area contributed by atoms with Crippen molar-refractivity contribution in [1.29, 1.82) is 0 Å². The van der Waals surface area contributed by atoms with Crippen molar-refractivity contribution in [2.75, 3.05) is 18.8 Å². The predicted molar refractivity (Wildman–Crippen MR) is 86.7 cm³/mol. The summed E-state index contributed by atoms with van der Waals surface area (Å²) in [5, 5.41) is 0. The maximum atomic E-state index is 13.0. The fraction of sp³-hybridized carbons (Fsp3) is 0.625. The molecule has 5 heteroatoms. The SMILES string of the molecule is CCC1(C)CCN(S(=O)(=O)c2c(C)ccc(N)c2C)CC1. The number of nitrogens with zero attached hydrogens (tertiary/aromatic N) is 1. The number of nitrogens with two attached hydrogens (primary N) is 1. The molecule has 118 valence electrons. The Hall–Kier alpha value is -1.07. The lowest BCUT2D eigenvalue weighted by Gasteiger charge is -2.38. The molecule has 1 saturated heterocycles. The van der Waals surface area contributed by atoms with Gasteiger partial charge >= 0.3 is 0 Å². The molecule has 2 N–H and O–H groups in total. The van der Waals surface area contributed by atoms with E-state index in [4.69, 9.17) is 5.73 Å². The number of rotatable bonds is 3. The van der Waals surface area contributed by atoms with Crippen molar-refractivity contribution in [3.8, 4) is 0 Å². The van der Waals surface area contributed by atoms with Gasteiger partial charge in [-0.2, -0.15) is 4.31 Å². The largest absolute Gasteiger partial charge is 0.398 e. The lowest BCUT2D eigenvalue weighted by Crippen LogP contribution is -2.42. The summed E-state index contributed by atoms with van der Waals surface area (Å²) >= 11 is 0. The zero-order valence-corrected chi connectivity index (χ0v) is 14.3. The third-order valence-electron chi connectivity index (χ3n) is 5.03. The summed E-state index contributed by atoms with van der Waals surface area (Å²) in [6.45, 7) is 9.24. The lowest BCUT2D eigenvalue weighted by atomic mass is 9.79. The number of sulfonamides is 1. The van der Waals surface area contributed by atoms with Crippen LogP contribution in [0.5, 0.6) is 0 Å². The molecule has 1 aromatic rings. The normalized spacial score (nSPS) is 19.6. The summed E-state index contributed by atoms with van der Waals surface area (Å²) in [7, 11) is -3.45. The third kappa shape index (κ3) is 2.94. The second-order valence-electron chi connectivity index (χ2n) is 6.49. The number of aryl methyl sites for hydroxylation is 1. The average Bonchev–Trinajstić information content (AvgIpc) is 2.43. The van der Waals surface area contributed by atoms with E-state index < -0.39 is 10.0 Å². The molecule has 1 aliphatic heterocycles. The molecular weight excluding hydrogens is 284 g/mol. The zero-order chi connectivity index (χ0) is 15.8. The molecule has 1 fully saturated rings. The highest BCUT2D eigenvalue weighted by molar-refractivity contribution is 7.89. The first-order valence-electron chi connectivity index (χ1n) is 7.57. The molecule has 4 nitrogen and oxygen atoms in total. The minimum Gasteiger partial charge on any atom is -0.398 e. The van der Waals surface area contributed by atoms with Crippen LogP contribution in [0.15, 0.2) is 17.0 Å². The van der Waals surface area contributed by atoms with E-state index in [-0.39, 0.29) is 5.41 Å². The molecule has 1 aromatic carbocycles. The van der Waals surface area contributed by atoms with Crippen molar-refractivity contribution >= 4 is 15.7 Å². The smallest absolute Gasteiger partial charge is 0.243 e. The van der Waals surface area contributed by atoms with Gasteiger partial charge in [-0.1, -0.05) is 26.3 Å². The molecule has 1 aliphatic rings. The van der Waals surface area contributed by atoms with Gasteiger partial charge in [-0.3, -0.25) is 0 Å². The van der Waals surface area contributed by atoms with Gasteiger partial charge < -0.3 is 5.73 Å². The first-order valence-corrected chi connectivity index (χ1v) is 9.01. The van der Waals surface area contributed by atoms with E-state index >= 15 is 0 Å². The van der Waals surface area contributed by atoms with Crippen molar-refractivity contribution < 1.29 is 8.42 Å². The summed E-state index contributed by atoms with van der Waals surface area (Å²) in [5.74, 6) is 0. The highest BCUT2D eigenvalue weighted by atomic mass is 32.2. The summed E-state index contributed by atoms with van der Waals surface area (Å²) in [6, 6.07) is 3.56. The van der Waals surface area contributed by atoms with Gasteiger partial charge in [-0.25, -0.2) is 8.42 Å². The molecule has 0 amide bonds. The number of anilines is 1. The fourth-order valence-electron chi connectivity index (χ4n) is 2.99. The monoisotopic (exact) mass is 310 g/mol. The van der Waals surface area contributed by atoms with Crippen LogP contribution in [-0.4, -0.2) is 25.8 Å². The van der Waals surface area contributed by atoms with Crippen molar-refractivity contribution in [2.24, 2.45) is 5.41 Å². The Bertz CT molecular complexity index is 630. The fourth-order valence-corrected chi connectivity index (χ4v) is 4.89. The molecule has 0 bridgehead atoms. The Balaban J connectivity index is 2.35. The molecule has 1 heterocycles. The molecule has 0 atom stereocenters. The van der Waals surface area contributed by atoms with Crippen LogP contribution in [-0.2, 0) is 10.0 Å². The van der Waals surface area contributed by atoms with E-state index in [9.17, 15) is 8.42 Å². The van der Waals surface area contributed by atoms with Crippen LogP contribution >= 0.6 is 0 Å². The van der Waals surface area contributed by atoms with Crippen molar-refractivity contribution in [3.05, 3.63) is 23.3 Å². The molecule has 2 rings (SSSR count). The Morgan fingerprint density at radius 1 is 1.24 bits per heavy atom. The van der Waals surface area contributed by atoms with Crippen LogP contribution in [0.25, 0.3) is 0 Å². The van der Waals surface area contributed by atoms with Crippen molar-refractivity contribution in [1.82, 2.24) is 4.31 Å². The number of benzene rings is 1. The van der Waals surface area contributed by atoms with Crippen LogP contribution in [0, 0.1) is 19.3 Å². The highest BCUT2D eigenvalue weighted by Crippen LogP contribution is 2.37. The van der Waals surface area contributed by atoms with E-state index in [1.54, 1.807) is 23.4 Å². The maximum Gasteiger partial charge on any atom is 0.243 e. The first-order chi connectivity index (χ1) is 9.71. The minimum absolute atomic E-state index is 0.270. The lowest BCUT2D eigenvalue weighted by molar-refractivity contribution is 0.169. The van der Waals surface area contributed by atoms with Gasteiger partial charge in [-0.05, 0) is 49.3 Å². The number of piperidine rings is 1. The van der Waals surface area contributed by atoms with Crippen LogP contribution in [0.4, 0.5) is 5.69 Å². The summed E-state index contributed by atoms with van der Waals surface area (Å²) < 4.78 is 27.5. The van der Waals surface area contributed by atoms with Crippen molar-refractivity contribution in [3.63, 3.8) is 0 Å². The van der Waals surface area contributed by atoms with Crippen LogP contribution in [0.2, 0.25) is 0 Å². The molecule has 0 saturated carbocycles. The summed E-state index contributed by atoms with van der Waals surface area (Å²) in [6.07, 6.45) is 2.93. The van der Waals surface area contributed by atoms with Gasteiger partial charge in [0.15, 0.2) is 0 Å². The topological polar surface area (TPSA) is 63.4 Å². The molecule has 0 unspecified atom stereocenters. The standard InChI is InChI=1S/C16H26N2O2S/c1-5-16(4)8-10-18(11-9-16)21(19,20)15-12(2)6-7-14(17)13(15)3/h6-7H,5,8-11,17H2,1-4H3. The molecule has 0 aromatic heterocycles. The Labute approximate surface area is 128 Å². The molecule has 0 spiro atoms. The molecular formula is C16H26N2O2S. The molecule has 0 radical (unpaired) electrons. The maximum absolute atomic E-state index is 13.0. The van der Waals surface area contributed by atoms with Crippen molar-refractivity contribution in [2.45, 2.75) is 51.9 Å². The Morgan fingerprint density at radius 3 is 2.33 bits per heavy atom. The highest BCUT2D eigenvalue weighted by Gasteiger charge is 2.35. The average molecular weight is 310 g/mol. The number of nitrogen functional groups attached to an aromatic ring is 1. The molecule has 0 aliphatic carbocycles. The number of hydrogen-bond donors (Lipinski definition) is 1. The van der Waals surface area contributed by atoms with Crippen LogP contribution in [0.3, 0.4) is 0 Å². The minimum atomic E-state index is -3.45. The molecule has 21 heavy (non-hydrogen) atoms. The van der Waals surface area contributed by atoms with E-state index in [0.717, 1.165) is 24.8 Å². The van der Waals surface area contributed by atoms with Gasteiger partial charge in [0.25, 0.3) is 0 Å². The third-order valence-corrected chi connectivity index (χ3v) is 7.21. The Morgan fingerprint density at radius 2 is 1.81 bits per heavy atom. The quantitative estimate of drug-likeness (QED) is 0.873. The van der Waals surface area contributed by atoms with E-state index in [2.05, 4.69) is 13.8 Å². The summed E-state index contributed by atoms with van der Waals surface area (Å²) in [5.41, 5.74) is 8.14. The summed E-state index contributed by atoms with van der Waals surface area (Å²) in [4.78, 5) is 0.391. The van der Waals surface area contributed by atoms with Gasteiger partial charge in [0.2, 0.25) is 10.0 Å². The second kappa shape index (κ2) is 5.61. The van der Waals surface area contributed by atoms with E-state index in [1.807, 2.05) is 6.92 Å².